The van der Waals surface area contributed by atoms with Crippen molar-refractivity contribution in [2.24, 2.45) is 5.92 Å². The van der Waals surface area contributed by atoms with Crippen LogP contribution in [0.25, 0.3) is 0 Å². The third kappa shape index (κ3) is 3.62. The van der Waals surface area contributed by atoms with E-state index in [4.69, 9.17) is 0 Å². The smallest absolute Gasteiger partial charge is 0.0667 e. The maximum atomic E-state index is 10.2. The highest BCUT2D eigenvalue weighted by molar-refractivity contribution is 5.30. The molecule has 0 aromatic heterocycles. The van der Waals surface area contributed by atoms with Crippen LogP contribution < -0.4 is 5.32 Å². The minimum atomic E-state index is -0.157. The van der Waals surface area contributed by atoms with Gasteiger partial charge in [0.2, 0.25) is 0 Å². The number of benzene rings is 1. The van der Waals surface area contributed by atoms with Crippen molar-refractivity contribution in [1.82, 2.24) is 5.32 Å². The van der Waals surface area contributed by atoms with Crippen molar-refractivity contribution in [2.45, 2.75) is 63.5 Å². The predicted molar refractivity (Wildman–Crippen MR) is 82.8 cm³/mol. The first kappa shape index (κ1) is 14.1. The van der Waals surface area contributed by atoms with Gasteiger partial charge in [-0.2, -0.15) is 0 Å². The second kappa shape index (κ2) is 6.73. The number of aliphatic hydroxyl groups is 1. The number of nitrogens with one attached hydrogen (secondary N) is 1. The molecule has 1 aromatic carbocycles. The molecule has 0 radical (unpaired) electrons. The highest BCUT2D eigenvalue weighted by Crippen LogP contribution is 2.28. The molecule has 0 amide bonds. The van der Waals surface area contributed by atoms with Gasteiger partial charge in [0.15, 0.2) is 0 Å². The largest absolute Gasteiger partial charge is 0.392 e. The first-order chi connectivity index (χ1) is 9.81. The van der Waals surface area contributed by atoms with Gasteiger partial charge >= 0.3 is 0 Å². The molecule has 0 heterocycles. The van der Waals surface area contributed by atoms with Crippen LogP contribution in [0.4, 0.5) is 0 Å². The molecule has 2 nitrogen and oxygen atoms in total. The van der Waals surface area contributed by atoms with Crippen LogP contribution in [-0.2, 0) is 12.8 Å². The monoisotopic (exact) mass is 273 g/mol. The van der Waals surface area contributed by atoms with Crippen LogP contribution in [0.15, 0.2) is 24.3 Å². The molecule has 2 unspecified atom stereocenters. The molecule has 2 atom stereocenters. The molecule has 0 spiro atoms. The van der Waals surface area contributed by atoms with Crippen LogP contribution in [0.5, 0.6) is 0 Å². The quantitative estimate of drug-likeness (QED) is 0.864. The first-order valence-electron chi connectivity index (χ1n) is 8.29. The van der Waals surface area contributed by atoms with E-state index in [-0.39, 0.29) is 6.10 Å². The van der Waals surface area contributed by atoms with Crippen LogP contribution in [0, 0.1) is 5.92 Å². The van der Waals surface area contributed by atoms with Crippen molar-refractivity contribution in [2.75, 3.05) is 6.54 Å². The van der Waals surface area contributed by atoms with E-state index in [1.807, 2.05) is 0 Å². The van der Waals surface area contributed by atoms with E-state index in [1.165, 1.54) is 49.7 Å². The first-order valence-corrected chi connectivity index (χ1v) is 8.29. The lowest BCUT2D eigenvalue weighted by atomic mass is 9.88. The highest BCUT2D eigenvalue weighted by atomic mass is 16.3. The standard InChI is InChI=1S/C18H27NO/c20-18(11-14-5-1-2-6-14)13-19-17-10-9-15-7-3-4-8-16(15)12-17/h3-4,7-8,14,17-20H,1-2,5-6,9-13H2. The Bertz CT molecular complexity index is 425. The van der Waals surface area contributed by atoms with Gasteiger partial charge in [-0.1, -0.05) is 49.9 Å². The molecule has 0 bridgehead atoms. The van der Waals surface area contributed by atoms with Crippen LogP contribution in [0.3, 0.4) is 0 Å². The molecule has 20 heavy (non-hydrogen) atoms. The van der Waals surface area contributed by atoms with Crippen LogP contribution in [0.2, 0.25) is 0 Å². The second-order valence-corrected chi connectivity index (χ2v) is 6.66. The summed E-state index contributed by atoms with van der Waals surface area (Å²) in [6.07, 6.45) is 9.72. The molecule has 1 fully saturated rings. The number of hydrogen-bond donors (Lipinski definition) is 2. The van der Waals surface area contributed by atoms with E-state index in [1.54, 1.807) is 0 Å². The van der Waals surface area contributed by atoms with Gasteiger partial charge in [-0.25, -0.2) is 0 Å². The normalized spacial score (nSPS) is 24.6. The summed E-state index contributed by atoms with van der Waals surface area (Å²) in [7, 11) is 0. The molecule has 2 N–H and O–H groups in total. The molecule has 2 aliphatic carbocycles. The van der Waals surface area contributed by atoms with Gasteiger partial charge < -0.3 is 10.4 Å². The van der Waals surface area contributed by atoms with Gasteiger partial charge in [0.1, 0.15) is 0 Å². The summed E-state index contributed by atoms with van der Waals surface area (Å²) in [5, 5.41) is 13.8. The Kier molecular flexibility index (Phi) is 4.74. The van der Waals surface area contributed by atoms with Crippen molar-refractivity contribution in [3.63, 3.8) is 0 Å². The minimum absolute atomic E-state index is 0.157. The molecule has 3 rings (SSSR count). The molecule has 1 saturated carbocycles. The Balaban J connectivity index is 1.43. The van der Waals surface area contributed by atoms with E-state index in [9.17, 15) is 5.11 Å². The Hall–Kier alpha value is -0.860. The molecule has 0 saturated heterocycles. The van der Waals surface area contributed by atoms with Crippen molar-refractivity contribution in [1.29, 1.82) is 0 Å². The van der Waals surface area contributed by atoms with Crippen LogP contribution in [0.1, 0.15) is 49.7 Å². The average molecular weight is 273 g/mol. The fraction of sp³-hybridized carbons (Fsp3) is 0.667. The van der Waals surface area contributed by atoms with E-state index < -0.39 is 0 Å². The molecular formula is C18H27NO. The maximum Gasteiger partial charge on any atom is 0.0667 e. The van der Waals surface area contributed by atoms with E-state index in [0.717, 1.165) is 25.3 Å². The zero-order chi connectivity index (χ0) is 13.8. The van der Waals surface area contributed by atoms with Crippen molar-refractivity contribution in [3.8, 4) is 0 Å². The van der Waals surface area contributed by atoms with Crippen molar-refractivity contribution >= 4 is 0 Å². The summed E-state index contributed by atoms with van der Waals surface area (Å²) < 4.78 is 0. The third-order valence-corrected chi connectivity index (χ3v) is 5.07. The molecule has 1 aromatic rings. The highest BCUT2D eigenvalue weighted by Gasteiger charge is 2.21. The Morgan fingerprint density at radius 3 is 2.65 bits per heavy atom. The molecular weight excluding hydrogens is 246 g/mol. The SMILES string of the molecule is OC(CNC1CCc2ccccc2C1)CC1CCCC1. The summed E-state index contributed by atoms with van der Waals surface area (Å²) in [6.45, 7) is 0.767. The molecule has 2 aliphatic rings. The predicted octanol–water partition coefficient (Wildman–Crippen LogP) is 3.07. The molecule has 0 aliphatic heterocycles. The number of aliphatic hydroxyl groups excluding tert-OH is 1. The van der Waals surface area contributed by atoms with E-state index >= 15 is 0 Å². The van der Waals surface area contributed by atoms with Gasteiger partial charge in [-0.3, -0.25) is 0 Å². The Morgan fingerprint density at radius 1 is 1.10 bits per heavy atom. The lowest BCUT2D eigenvalue weighted by Gasteiger charge is -2.27. The van der Waals surface area contributed by atoms with Gasteiger partial charge in [0, 0.05) is 12.6 Å². The van der Waals surface area contributed by atoms with Crippen molar-refractivity contribution in [3.05, 3.63) is 35.4 Å². The zero-order valence-corrected chi connectivity index (χ0v) is 12.4. The molecule has 2 heteroatoms. The lowest BCUT2D eigenvalue weighted by Crippen LogP contribution is -2.39. The number of hydrogen-bond acceptors (Lipinski definition) is 2. The van der Waals surface area contributed by atoms with Gasteiger partial charge in [0.05, 0.1) is 6.10 Å². The van der Waals surface area contributed by atoms with Gasteiger partial charge in [-0.05, 0) is 42.7 Å². The maximum absolute atomic E-state index is 10.2. The number of aryl methyl sites for hydroxylation is 1. The van der Waals surface area contributed by atoms with Crippen LogP contribution in [-0.4, -0.2) is 23.8 Å². The summed E-state index contributed by atoms with van der Waals surface area (Å²) in [5.41, 5.74) is 3.00. The van der Waals surface area contributed by atoms with Crippen molar-refractivity contribution < 1.29 is 5.11 Å². The number of fused-ring (bicyclic) bond motifs is 1. The van der Waals surface area contributed by atoms with E-state index in [2.05, 4.69) is 29.6 Å². The van der Waals surface area contributed by atoms with Gasteiger partial charge in [0.25, 0.3) is 0 Å². The summed E-state index contributed by atoms with van der Waals surface area (Å²) in [5.74, 6) is 0.777. The number of rotatable bonds is 5. The summed E-state index contributed by atoms with van der Waals surface area (Å²) >= 11 is 0. The average Bonchev–Trinajstić information content (AvgIpc) is 2.98. The Morgan fingerprint density at radius 2 is 1.85 bits per heavy atom. The molecule has 110 valence electrons. The Labute approximate surface area is 122 Å². The minimum Gasteiger partial charge on any atom is -0.392 e. The summed E-state index contributed by atoms with van der Waals surface area (Å²) in [4.78, 5) is 0. The topological polar surface area (TPSA) is 32.3 Å². The van der Waals surface area contributed by atoms with Gasteiger partial charge in [-0.15, -0.1) is 0 Å². The van der Waals surface area contributed by atoms with Crippen LogP contribution >= 0.6 is 0 Å². The lowest BCUT2D eigenvalue weighted by molar-refractivity contribution is 0.136. The zero-order valence-electron chi connectivity index (χ0n) is 12.4. The fourth-order valence-electron chi connectivity index (χ4n) is 3.89. The van der Waals surface area contributed by atoms with E-state index in [0.29, 0.717) is 6.04 Å². The summed E-state index contributed by atoms with van der Waals surface area (Å²) in [6, 6.07) is 9.32. The third-order valence-electron chi connectivity index (χ3n) is 5.07. The fourth-order valence-corrected chi connectivity index (χ4v) is 3.89. The second-order valence-electron chi connectivity index (χ2n) is 6.66.